The van der Waals surface area contributed by atoms with Gasteiger partial charge in [-0.05, 0) is 37.3 Å². The summed E-state index contributed by atoms with van der Waals surface area (Å²) in [5, 5.41) is 12.9. The Kier molecular flexibility index (Phi) is 6.21. The normalized spacial score (nSPS) is 20.2. The number of pyridine rings is 1. The molecule has 0 bridgehead atoms. The van der Waals surface area contributed by atoms with Gasteiger partial charge in [0.25, 0.3) is 0 Å². The maximum atomic E-state index is 9.54. The first-order valence-corrected chi connectivity index (χ1v) is 10.5. The lowest BCUT2D eigenvalue weighted by molar-refractivity contribution is 0.266. The standard InChI is InChI=1S/C21H30N6O/c28-15-18-6-5-11-27(18)21-12-19(24-16-25-21)22-13-17-7-8-20(23-14-17)26-9-3-1-2-4-10-26/h7-8,12,14,16,18,28H,1-6,9-11,13,15H2,(H,22,24,25). The second-order valence-corrected chi connectivity index (χ2v) is 7.71. The van der Waals surface area contributed by atoms with Crippen LogP contribution < -0.4 is 15.1 Å². The third-order valence-electron chi connectivity index (χ3n) is 5.75. The molecule has 1 atom stereocenters. The average molecular weight is 383 g/mol. The number of aromatic nitrogens is 3. The fourth-order valence-electron chi connectivity index (χ4n) is 4.13. The van der Waals surface area contributed by atoms with Crippen LogP contribution >= 0.6 is 0 Å². The molecular formula is C21H30N6O. The molecule has 0 amide bonds. The zero-order valence-electron chi connectivity index (χ0n) is 16.4. The van der Waals surface area contributed by atoms with Gasteiger partial charge >= 0.3 is 0 Å². The highest BCUT2D eigenvalue weighted by Gasteiger charge is 2.25. The Balaban J connectivity index is 1.36. The number of aliphatic hydroxyl groups is 1. The third-order valence-corrected chi connectivity index (χ3v) is 5.75. The molecule has 2 saturated heterocycles. The van der Waals surface area contributed by atoms with E-state index in [1.807, 2.05) is 12.3 Å². The minimum absolute atomic E-state index is 0.165. The molecule has 0 saturated carbocycles. The molecule has 2 N–H and O–H groups in total. The molecule has 4 rings (SSSR count). The first-order valence-electron chi connectivity index (χ1n) is 10.5. The molecule has 2 aromatic heterocycles. The summed E-state index contributed by atoms with van der Waals surface area (Å²) < 4.78 is 0. The SMILES string of the molecule is OCC1CCCN1c1cc(NCc2ccc(N3CCCCCC3)nc2)ncn1. The van der Waals surface area contributed by atoms with Crippen molar-refractivity contribution in [3.8, 4) is 0 Å². The smallest absolute Gasteiger partial charge is 0.134 e. The van der Waals surface area contributed by atoms with Gasteiger partial charge in [-0.25, -0.2) is 15.0 Å². The molecule has 0 aliphatic carbocycles. The predicted molar refractivity (Wildman–Crippen MR) is 112 cm³/mol. The second kappa shape index (κ2) is 9.19. The summed E-state index contributed by atoms with van der Waals surface area (Å²) in [6.45, 7) is 4.00. The van der Waals surface area contributed by atoms with Crippen LogP contribution in [0.5, 0.6) is 0 Å². The number of aliphatic hydroxyl groups excluding tert-OH is 1. The van der Waals surface area contributed by atoms with Gasteiger partial charge in [0.1, 0.15) is 23.8 Å². The van der Waals surface area contributed by atoms with Crippen molar-refractivity contribution in [3.05, 3.63) is 36.3 Å². The summed E-state index contributed by atoms with van der Waals surface area (Å²) in [5.41, 5.74) is 1.13. The molecule has 2 aliphatic rings. The lowest BCUT2D eigenvalue weighted by Crippen LogP contribution is -2.32. The summed E-state index contributed by atoms with van der Waals surface area (Å²) in [5.74, 6) is 2.76. The van der Waals surface area contributed by atoms with Crippen LogP contribution in [0.3, 0.4) is 0 Å². The van der Waals surface area contributed by atoms with E-state index in [1.165, 1.54) is 25.7 Å². The molecule has 0 radical (unpaired) electrons. The third kappa shape index (κ3) is 4.52. The molecule has 1 unspecified atom stereocenters. The number of anilines is 3. The maximum Gasteiger partial charge on any atom is 0.134 e. The van der Waals surface area contributed by atoms with Crippen LogP contribution in [-0.4, -0.2) is 52.3 Å². The van der Waals surface area contributed by atoms with Crippen LogP contribution in [0, 0.1) is 0 Å². The van der Waals surface area contributed by atoms with Crippen LogP contribution in [0.2, 0.25) is 0 Å². The minimum atomic E-state index is 0.165. The van der Waals surface area contributed by atoms with Crippen molar-refractivity contribution in [2.45, 2.75) is 51.1 Å². The predicted octanol–water partition coefficient (Wildman–Crippen LogP) is 2.83. The Morgan fingerprint density at radius 3 is 2.57 bits per heavy atom. The number of nitrogens with one attached hydrogen (secondary N) is 1. The van der Waals surface area contributed by atoms with Gasteiger partial charge in [0, 0.05) is 38.4 Å². The Hall–Kier alpha value is -2.41. The quantitative estimate of drug-likeness (QED) is 0.795. The summed E-state index contributed by atoms with van der Waals surface area (Å²) in [6, 6.07) is 6.40. The van der Waals surface area contributed by atoms with E-state index in [1.54, 1.807) is 6.33 Å². The zero-order chi connectivity index (χ0) is 19.2. The highest BCUT2D eigenvalue weighted by molar-refractivity contribution is 5.50. The van der Waals surface area contributed by atoms with Crippen molar-refractivity contribution in [1.29, 1.82) is 0 Å². The number of rotatable bonds is 6. The van der Waals surface area contributed by atoms with Gasteiger partial charge in [-0.3, -0.25) is 0 Å². The van der Waals surface area contributed by atoms with E-state index in [0.717, 1.165) is 55.5 Å². The lowest BCUT2D eigenvalue weighted by atomic mass is 10.2. The van der Waals surface area contributed by atoms with E-state index >= 15 is 0 Å². The Labute approximate surface area is 166 Å². The molecule has 4 heterocycles. The molecule has 7 heteroatoms. The summed E-state index contributed by atoms with van der Waals surface area (Å²) in [7, 11) is 0. The van der Waals surface area contributed by atoms with Crippen LogP contribution in [0.15, 0.2) is 30.7 Å². The Bertz CT molecular complexity index is 745. The van der Waals surface area contributed by atoms with Crippen molar-refractivity contribution in [2.24, 2.45) is 0 Å². The van der Waals surface area contributed by atoms with Crippen molar-refractivity contribution < 1.29 is 5.11 Å². The molecule has 7 nitrogen and oxygen atoms in total. The lowest BCUT2D eigenvalue weighted by Gasteiger charge is -2.24. The number of hydrogen-bond acceptors (Lipinski definition) is 7. The molecule has 0 aromatic carbocycles. The highest BCUT2D eigenvalue weighted by Crippen LogP contribution is 2.25. The maximum absolute atomic E-state index is 9.54. The van der Waals surface area contributed by atoms with Crippen molar-refractivity contribution in [3.63, 3.8) is 0 Å². The number of nitrogens with zero attached hydrogens (tertiary/aromatic N) is 5. The number of hydrogen-bond donors (Lipinski definition) is 2. The van der Waals surface area contributed by atoms with Crippen molar-refractivity contribution in [1.82, 2.24) is 15.0 Å². The van der Waals surface area contributed by atoms with Crippen LogP contribution in [0.1, 0.15) is 44.1 Å². The van der Waals surface area contributed by atoms with Crippen LogP contribution in [0.25, 0.3) is 0 Å². The Morgan fingerprint density at radius 1 is 0.964 bits per heavy atom. The van der Waals surface area contributed by atoms with Gasteiger partial charge in [0.05, 0.1) is 12.6 Å². The van der Waals surface area contributed by atoms with E-state index in [0.29, 0.717) is 6.54 Å². The summed E-state index contributed by atoms with van der Waals surface area (Å²) >= 11 is 0. The molecule has 2 aliphatic heterocycles. The molecular weight excluding hydrogens is 352 g/mol. The molecule has 0 spiro atoms. The minimum Gasteiger partial charge on any atom is -0.394 e. The van der Waals surface area contributed by atoms with E-state index in [4.69, 9.17) is 0 Å². The average Bonchev–Trinajstić information content (AvgIpc) is 3.07. The fourth-order valence-corrected chi connectivity index (χ4v) is 4.13. The van der Waals surface area contributed by atoms with Gasteiger partial charge in [0.15, 0.2) is 0 Å². The van der Waals surface area contributed by atoms with E-state index in [2.05, 4.69) is 42.2 Å². The monoisotopic (exact) mass is 382 g/mol. The van der Waals surface area contributed by atoms with Gasteiger partial charge < -0.3 is 20.2 Å². The van der Waals surface area contributed by atoms with Gasteiger partial charge in [-0.15, -0.1) is 0 Å². The van der Waals surface area contributed by atoms with E-state index in [-0.39, 0.29) is 12.6 Å². The molecule has 2 aromatic rings. The second-order valence-electron chi connectivity index (χ2n) is 7.71. The molecule has 2 fully saturated rings. The van der Waals surface area contributed by atoms with Gasteiger partial charge in [0.2, 0.25) is 0 Å². The van der Waals surface area contributed by atoms with Crippen molar-refractivity contribution in [2.75, 3.05) is 41.4 Å². The molecule has 150 valence electrons. The van der Waals surface area contributed by atoms with Gasteiger partial charge in [-0.1, -0.05) is 18.9 Å². The molecule has 28 heavy (non-hydrogen) atoms. The zero-order valence-corrected chi connectivity index (χ0v) is 16.4. The summed E-state index contributed by atoms with van der Waals surface area (Å²) in [6.07, 6.45) is 10.8. The largest absolute Gasteiger partial charge is 0.394 e. The van der Waals surface area contributed by atoms with Crippen LogP contribution in [-0.2, 0) is 6.54 Å². The van der Waals surface area contributed by atoms with Gasteiger partial charge in [-0.2, -0.15) is 0 Å². The van der Waals surface area contributed by atoms with Crippen molar-refractivity contribution >= 4 is 17.5 Å². The Morgan fingerprint density at radius 2 is 1.82 bits per heavy atom. The van der Waals surface area contributed by atoms with E-state index in [9.17, 15) is 5.11 Å². The highest BCUT2D eigenvalue weighted by atomic mass is 16.3. The van der Waals surface area contributed by atoms with E-state index < -0.39 is 0 Å². The van der Waals surface area contributed by atoms with Crippen LogP contribution in [0.4, 0.5) is 17.5 Å². The first-order chi connectivity index (χ1) is 13.8. The fraction of sp³-hybridized carbons (Fsp3) is 0.571. The first kappa shape index (κ1) is 18.9. The summed E-state index contributed by atoms with van der Waals surface area (Å²) in [4.78, 5) is 18.0. The topological polar surface area (TPSA) is 77.4 Å².